The van der Waals surface area contributed by atoms with Crippen molar-refractivity contribution in [1.29, 1.82) is 0 Å². The van der Waals surface area contributed by atoms with Crippen molar-refractivity contribution in [1.82, 2.24) is 19.7 Å². The molecule has 0 fully saturated rings. The number of fused-ring (bicyclic) bond motifs is 1. The molecule has 8 heteroatoms. The van der Waals surface area contributed by atoms with Crippen molar-refractivity contribution in [2.45, 2.75) is 32.2 Å². The van der Waals surface area contributed by atoms with Gasteiger partial charge < -0.3 is 10.4 Å². The summed E-state index contributed by atoms with van der Waals surface area (Å²) in [5.74, 6) is -0.819. The van der Waals surface area contributed by atoms with Gasteiger partial charge in [-0.1, -0.05) is 19.8 Å². The summed E-state index contributed by atoms with van der Waals surface area (Å²) in [6, 6.07) is -0.774. The van der Waals surface area contributed by atoms with E-state index in [0.29, 0.717) is 17.5 Å². The van der Waals surface area contributed by atoms with Gasteiger partial charge in [0.15, 0.2) is 5.65 Å². The molecule has 0 aromatic carbocycles. The second-order valence-corrected chi connectivity index (χ2v) is 4.60. The Kier molecular flexibility index (Phi) is 4.02. The van der Waals surface area contributed by atoms with Crippen molar-refractivity contribution in [3.05, 3.63) is 16.6 Å². The third-order valence-corrected chi connectivity index (χ3v) is 3.06. The number of carbonyl (C=O) groups is 1. The highest BCUT2D eigenvalue weighted by Crippen LogP contribution is 2.10. The number of nitrogens with one attached hydrogen (secondary N) is 2. The minimum absolute atomic E-state index is 0.148. The number of rotatable bonds is 6. The molecule has 1 unspecified atom stereocenters. The molecule has 0 aliphatic heterocycles. The maximum atomic E-state index is 11.8. The van der Waals surface area contributed by atoms with E-state index in [9.17, 15) is 9.59 Å². The number of aryl methyl sites for hydroxylation is 1. The number of carboxylic acids is 1. The highest BCUT2D eigenvalue weighted by Gasteiger charge is 2.18. The van der Waals surface area contributed by atoms with Crippen LogP contribution in [-0.4, -0.2) is 36.9 Å². The molecule has 0 aliphatic rings. The number of H-pyrrole nitrogens is 1. The maximum Gasteiger partial charge on any atom is 0.326 e. The van der Waals surface area contributed by atoms with Crippen molar-refractivity contribution in [2.75, 3.05) is 5.32 Å². The van der Waals surface area contributed by atoms with Crippen molar-refractivity contribution >= 4 is 23.0 Å². The van der Waals surface area contributed by atoms with Crippen LogP contribution in [0.25, 0.3) is 11.0 Å². The number of unbranched alkanes of at least 4 members (excludes halogenated alkanes) is 1. The van der Waals surface area contributed by atoms with Gasteiger partial charge >= 0.3 is 5.97 Å². The predicted molar refractivity (Wildman–Crippen MR) is 73.7 cm³/mol. The molecule has 2 aromatic heterocycles. The highest BCUT2D eigenvalue weighted by molar-refractivity contribution is 5.78. The van der Waals surface area contributed by atoms with E-state index in [0.717, 1.165) is 12.8 Å². The first-order chi connectivity index (χ1) is 9.52. The van der Waals surface area contributed by atoms with E-state index >= 15 is 0 Å². The van der Waals surface area contributed by atoms with Crippen LogP contribution in [0, 0.1) is 0 Å². The van der Waals surface area contributed by atoms with Gasteiger partial charge in [0.25, 0.3) is 5.56 Å². The Labute approximate surface area is 114 Å². The largest absolute Gasteiger partial charge is 0.480 e. The first-order valence-electron chi connectivity index (χ1n) is 6.44. The Bertz CT molecular complexity index is 675. The molecule has 0 amide bonds. The molecule has 0 radical (unpaired) electrons. The molecule has 2 heterocycles. The zero-order valence-corrected chi connectivity index (χ0v) is 11.4. The highest BCUT2D eigenvalue weighted by atomic mass is 16.4. The molecular formula is C12H17N5O3. The van der Waals surface area contributed by atoms with E-state index in [4.69, 9.17) is 5.11 Å². The molecule has 108 valence electrons. The third-order valence-electron chi connectivity index (χ3n) is 3.06. The lowest BCUT2D eigenvalue weighted by molar-refractivity contribution is -0.138. The molecule has 1 atom stereocenters. The molecule has 2 aromatic rings. The molecule has 0 spiro atoms. The van der Waals surface area contributed by atoms with Crippen molar-refractivity contribution in [2.24, 2.45) is 7.05 Å². The summed E-state index contributed by atoms with van der Waals surface area (Å²) in [7, 11) is 1.67. The Morgan fingerprint density at radius 1 is 1.60 bits per heavy atom. The second kappa shape index (κ2) is 5.72. The van der Waals surface area contributed by atoms with Gasteiger partial charge in [0.1, 0.15) is 11.4 Å². The SMILES string of the molecule is CCCCC(Nc1nc2c(cnn2C)c(=O)[nH]1)C(=O)O. The minimum atomic E-state index is -0.966. The van der Waals surface area contributed by atoms with Gasteiger partial charge in [-0.3, -0.25) is 14.5 Å². The van der Waals surface area contributed by atoms with Crippen LogP contribution in [0.4, 0.5) is 5.95 Å². The standard InChI is InChI=1S/C12H17N5O3/c1-3-4-5-8(11(19)20)14-12-15-9-7(10(18)16-12)6-13-17(9)2/h6,8H,3-5H2,1-2H3,(H,19,20)(H2,14,15,16,18). The molecule has 3 N–H and O–H groups in total. The fourth-order valence-corrected chi connectivity index (χ4v) is 1.93. The van der Waals surface area contributed by atoms with E-state index in [-0.39, 0.29) is 11.5 Å². The van der Waals surface area contributed by atoms with Crippen LogP contribution < -0.4 is 10.9 Å². The van der Waals surface area contributed by atoms with Crippen LogP contribution >= 0.6 is 0 Å². The summed E-state index contributed by atoms with van der Waals surface area (Å²) in [5, 5.41) is 16.2. The lowest BCUT2D eigenvalue weighted by atomic mass is 10.1. The zero-order chi connectivity index (χ0) is 14.7. The molecule has 0 saturated carbocycles. The predicted octanol–water partition coefficient (Wildman–Crippen LogP) is 0.712. The lowest BCUT2D eigenvalue weighted by Crippen LogP contribution is -2.31. The Balaban J connectivity index is 2.30. The fraction of sp³-hybridized carbons (Fsp3) is 0.500. The Morgan fingerprint density at radius 2 is 2.35 bits per heavy atom. The molecule has 2 rings (SSSR count). The van der Waals surface area contributed by atoms with Gasteiger partial charge in [0, 0.05) is 7.05 Å². The zero-order valence-electron chi connectivity index (χ0n) is 11.4. The van der Waals surface area contributed by atoms with E-state index in [1.54, 1.807) is 7.05 Å². The molecule has 0 bridgehead atoms. The van der Waals surface area contributed by atoms with Crippen molar-refractivity contribution in [3.63, 3.8) is 0 Å². The third kappa shape index (κ3) is 2.79. The van der Waals surface area contributed by atoms with E-state index in [1.807, 2.05) is 6.92 Å². The van der Waals surface area contributed by atoms with E-state index in [1.165, 1.54) is 10.9 Å². The fourth-order valence-electron chi connectivity index (χ4n) is 1.93. The van der Waals surface area contributed by atoms with Crippen LogP contribution in [0.5, 0.6) is 0 Å². The minimum Gasteiger partial charge on any atom is -0.480 e. The summed E-state index contributed by atoms with van der Waals surface area (Å²) in [4.78, 5) is 29.7. The van der Waals surface area contributed by atoms with Gasteiger partial charge in [0.2, 0.25) is 5.95 Å². The number of hydrogen-bond acceptors (Lipinski definition) is 5. The first kappa shape index (κ1) is 14.0. The van der Waals surface area contributed by atoms with Gasteiger partial charge in [-0.2, -0.15) is 10.1 Å². The molecule has 0 aliphatic carbocycles. The average molecular weight is 279 g/mol. The number of carboxylic acid groups (broad SMARTS) is 1. The lowest BCUT2D eigenvalue weighted by Gasteiger charge is -2.14. The molecule has 8 nitrogen and oxygen atoms in total. The molecule has 20 heavy (non-hydrogen) atoms. The smallest absolute Gasteiger partial charge is 0.326 e. The molecular weight excluding hydrogens is 262 g/mol. The van der Waals surface area contributed by atoms with E-state index < -0.39 is 12.0 Å². The van der Waals surface area contributed by atoms with Crippen molar-refractivity contribution in [3.8, 4) is 0 Å². The summed E-state index contributed by atoms with van der Waals surface area (Å²) in [5.41, 5.74) is 0.0705. The van der Waals surface area contributed by atoms with E-state index in [2.05, 4.69) is 20.4 Å². The van der Waals surface area contributed by atoms with Gasteiger partial charge in [-0.25, -0.2) is 4.79 Å². The maximum absolute atomic E-state index is 11.8. The number of aliphatic carboxylic acids is 1. The van der Waals surface area contributed by atoms with Crippen LogP contribution in [0.2, 0.25) is 0 Å². The summed E-state index contributed by atoms with van der Waals surface area (Å²) < 4.78 is 1.47. The van der Waals surface area contributed by atoms with Crippen molar-refractivity contribution < 1.29 is 9.90 Å². The van der Waals surface area contributed by atoms with Gasteiger partial charge in [-0.05, 0) is 6.42 Å². The number of aromatic amines is 1. The number of nitrogens with zero attached hydrogens (tertiary/aromatic N) is 3. The van der Waals surface area contributed by atoms with Gasteiger partial charge in [-0.15, -0.1) is 0 Å². The van der Waals surface area contributed by atoms with Crippen LogP contribution in [0.3, 0.4) is 0 Å². The average Bonchev–Trinajstić information content (AvgIpc) is 2.77. The first-order valence-corrected chi connectivity index (χ1v) is 6.44. The Morgan fingerprint density at radius 3 is 3.00 bits per heavy atom. The normalized spacial score (nSPS) is 12.5. The molecule has 0 saturated heterocycles. The summed E-state index contributed by atoms with van der Waals surface area (Å²) in [6.45, 7) is 1.99. The van der Waals surface area contributed by atoms with Gasteiger partial charge in [0.05, 0.1) is 6.20 Å². The monoisotopic (exact) mass is 279 g/mol. The van der Waals surface area contributed by atoms with Crippen LogP contribution in [-0.2, 0) is 11.8 Å². The topological polar surface area (TPSA) is 113 Å². The number of anilines is 1. The van der Waals surface area contributed by atoms with Crippen LogP contribution in [0.15, 0.2) is 11.0 Å². The van der Waals surface area contributed by atoms with Crippen LogP contribution in [0.1, 0.15) is 26.2 Å². The quantitative estimate of drug-likeness (QED) is 0.717. The summed E-state index contributed by atoms with van der Waals surface area (Å²) in [6.07, 6.45) is 3.58. The number of aromatic nitrogens is 4. The second-order valence-electron chi connectivity index (χ2n) is 4.60. The Hall–Kier alpha value is -2.38. The summed E-state index contributed by atoms with van der Waals surface area (Å²) >= 11 is 0. The number of hydrogen-bond donors (Lipinski definition) is 3.